The molecule has 6 heteroatoms. The van der Waals surface area contributed by atoms with Crippen molar-refractivity contribution < 1.29 is 9.59 Å². The van der Waals surface area contributed by atoms with E-state index in [1.807, 2.05) is 0 Å². The lowest BCUT2D eigenvalue weighted by Crippen LogP contribution is -2.48. The van der Waals surface area contributed by atoms with Gasteiger partial charge in [-0.3, -0.25) is 9.59 Å². The SMILES string of the molecule is CN1C[C@H]2CNC[C@@]2(C(=O)NCCC(=O)NC2CCCCC2)C1. The Balaban J connectivity index is 1.41. The smallest absolute Gasteiger partial charge is 0.229 e. The Morgan fingerprint density at radius 2 is 2.04 bits per heavy atom. The molecule has 2 heterocycles. The largest absolute Gasteiger partial charge is 0.355 e. The van der Waals surface area contributed by atoms with Gasteiger partial charge in [-0.1, -0.05) is 19.3 Å². The zero-order valence-electron chi connectivity index (χ0n) is 14.2. The molecule has 1 saturated carbocycles. The highest BCUT2D eigenvalue weighted by molar-refractivity contribution is 5.85. The number of nitrogens with zero attached hydrogens (tertiary/aromatic N) is 1. The third kappa shape index (κ3) is 3.69. The number of carbonyl (C=O) groups excluding carboxylic acids is 2. The number of hydrogen-bond acceptors (Lipinski definition) is 4. The molecule has 6 nitrogen and oxygen atoms in total. The van der Waals surface area contributed by atoms with E-state index in [1.165, 1.54) is 19.3 Å². The van der Waals surface area contributed by atoms with Gasteiger partial charge in [-0.2, -0.15) is 0 Å². The first-order valence-electron chi connectivity index (χ1n) is 9.07. The average molecular weight is 322 g/mol. The van der Waals surface area contributed by atoms with Crippen LogP contribution in [0, 0.1) is 11.3 Å². The summed E-state index contributed by atoms with van der Waals surface area (Å²) in [6.07, 6.45) is 6.29. The summed E-state index contributed by atoms with van der Waals surface area (Å²) in [6.45, 7) is 3.89. The van der Waals surface area contributed by atoms with Crippen molar-refractivity contribution in [2.45, 2.75) is 44.6 Å². The zero-order chi connectivity index (χ0) is 16.3. The Morgan fingerprint density at radius 3 is 2.83 bits per heavy atom. The number of hydrogen-bond donors (Lipinski definition) is 3. The van der Waals surface area contributed by atoms with Crippen molar-refractivity contribution in [3.05, 3.63) is 0 Å². The first-order valence-corrected chi connectivity index (χ1v) is 9.07. The Morgan fingerprint density at radius 1 is 1.26 bits per heavy atom. The van der Waals surface area contributed by atoms with Crippen molar-refractivity contribution in [2.24, 2.45) is 11.3 Å². The molecule has 0 aromatic carbocycles. The summed E-state index contributed by atoms with van der Waals surface area (Å²) in [5.41, 5.74) is -0.297. The molecule has 0 radical (unpaired) electrons. The maximum atomic E-state index is 12.7. The minimum absolute atomic E-state index is 0.0688. The second kappa shape index (κ2) is 7.18. The monoisotopic (exact) mass is 322 g/mol. The first-order chi connectivity index (χ1) is 11.1. The van der Waals surface area contributed by atoms with Gasteiger partial charge >= 0.3 is 0 Å². The predicted octanol–water partition coefficient (Wildman–Crippen LogP) is 0.0928. The molecule has 2 amide bonds. The van der Waals surface area contributed by atoms with E-state index in [2.05, 4.69) is 27.9 Å². The number of nitrogens with one attached hydrogen (secondary N) is 3. The quantitative estimate of drug-likeness (QED) is 0.671. The summed E-state index contributed by atoms with van der Waals surface area (Å²) in [7, 11) is 2.07. The van der Waals surface area contributed by atoms with E-state index in [0.29, 0.717) is 24.9 Å². The van der Waals surface area contributed by atoms with Gasteiger partial charge in [0.15, 0.2) is 0 Å². The molecule has 3 N–H and O–H groups in total. The van der Waals surface area contributed by atoms with Crippen LogP contribution in [-0.4, -0.2) is 62.5 Å². The lowest BCUT2D eigenvalue weighted by Gasteiger charge is -2.26. The van der Waals surface area contributed by atoms with Crippen molar-refractivity contribution in [1.82, 2.24) is 20.9 Å². The van der Waals surface area contributed by atoms with Gasteiger partial charge in [0.1, 0.15) is 0 Å². The maximum Gasteiger partial charge on any atom is 0.229 e. The van der Waals surface area contributed by atoms with Crippen LogP contribution < -0.4 is 16.0 Å². The van der Waals surface area contributed by atoms with E-state index in [-0.39, 0.29) is 17.2 Å². The number of rotatable bonds is 5. The van der Waals surface area contributed by atoms with E-state index in [9.17, 15) is 9.59 Å². The van der Waals surface area contributed by atoms with Crippen LogP contribution in [0.4, 0.5) is 0 Å². The van der Waals surface area contributed by atoms with Crippen LogP contribution in [0.25, 0.3) is 0 Å². The van der Waals surface area contributed by atoms with Crippen molar-refractivity contribution in [2.75, 3.05) is 39.8 Å². The molecular formula is C17H30N4O2. The summed E-state index contributed by atoms with van der Waals surface area (Å²) < 4.78 is 0. The molecule has 1 aliphatic carbocycles. The highest BCUT2D eigenvalue weighted by Gasteiger charge is 2.53. The molecular weight excluding hydrogens is 292 g/mol. The lowest BCUT2D eigenvalue weighted by atomic mass is 9.80. The molecule has 130 valence electrons. The maximum absolute atomic E-state index is 12.7. The molecule has 0 bridgehead atoms. The summed E-state index contributed by atoms with van der Waals surface area (Å²) >= 11 is 0. The highest BCUT2D eigenvalue weighted by Crippen LogP contribution is 2.38. The Hall–Kier alpha value is -1.14. The van der Waals surface area contributed by atoms with E-state index in [0.717, 1.165) is 39.0 Å². The van der Waals surface area contributed by atoms with Gasteiger partial charge in [0.05, 0.1) is 5.41 Å². The molecule has 23 heavy (non-hydrogen) atoms. The Bertz CT molecular complexity index is 450. The number of fused-ring (bicyclic) bond motifs is 1. The van der Waals surface area contributed by atoms with Gasteiger partial charge in [0.25, 0.3) is 0 Å². The second-order valence-corrected chi connectivity index (χ2v) is 7.59. The van der Waals surface area contributed by atoms with E-state index in [4.69, 9.17) is 0 Å². The van der Waals surface area contributed by atoms with Crippen LogP contribution >= 0.6 is 0 Å². The third-order valence-electron chi connectivity index (χ3n) is 5.76. The van der Waals surface area contributed by atoms with Crippen molar-refractivity contribution >= 4 is 11.8 Å². The van der Waals surface area contributed by atoms with Crippen LogP contribution in [0.3, 0.4) is 0 Å². The highest BCUT2D eigenvalue weighted by atomic mass is 16.2. The van der Waals surface area contributed by atoms with Crippen LogP contribution in [0.15, 0.2) is 0 Å². The number of carbonyl (C=O) groups is 2. The van der Waals surface area contributed by atoms with Gasteiger partial charge in [0.2, 0.25) is 11.8 Å². The molecule has 2 atom stereocenters. The van der Waals surface area contributed by atoms with Crippen molar-refractivity contribution in [3.63, 3.8) is 0 Å². The van der Waals surface area contributed by atoms with Crippen LogP contribution in [0.1, 0.15) is 38.5 Å². The molecule has 0 aromatic heterocycles. The standard InChI is InChI=1S/C17H30N4O2/c1-21-10-13-9-18-11-17(13,12-21)16(23)19-8-7-15(22)20-14-5-3-2-4-6-14/h13-14,18H,2-12H2,1H3,(H,19,23)(H,20,22)/t13-,17-/m1/s1. The van der Waals surface area contributed by atoms with Crippen molar-refractivity contribution in [1.29, 1.82) is 0 Å². The van der Waals surface area contributed by atoms with E-state index in [1.54, 1.807) is 0 Å². The minimum atomic E-state index is -0.297. The molecule has 0 spiro atoms. The lowest BCUT2D eigenvalue weighted by molar-refractivity contribution is -0.130. The van der Waals surface area contributed by atoms with Crippen LogP contribution in [0.5, 0.6) is 0 Å². The molecule has 2 saturated heterocycles. The summed E-state index contributed by atoms with van der Waals surface area (Å²) in [6, 6.07) is 0.345. The summed E-state index contributed by atoms with van der Waals surface area (Å²) in [5.74, 6) is 0.574. The fourth-order valence-electron chi connectivity index (χ4n) is 4.51. The Labute approximate surface area is 138 Å². The topological polar surface area (TPSA) is 73.5 Å². The van der Waals surface area contributed by atoms with Gasteiger partial charge in [-0.15, -0.1) is 0 Å². The summed E-state index contributed by atoms with van der Waals surface area (Å²) in [5, 5.41) is 9.47. The number of likely N-dealkylation sites (tertiary alicyclic amines) is 1. The van der Waals surface area contributed by atoms with Gasteiger partial charge < -0.3 is 20.9 Å². The Kier molecular flexibility index (Phi) is 5.21. The zero-order valence-corrected chi connectivity index (χ0v) is 14.2. The number of amides is 2. The van der Waals surface area contributed by atoms with Gasteiger partial charge in [-0.25, -0.2) is 0 Å². The molecule has 3 aliphatic rings. The molecule has 3 rings (SSSR count). The fraction of sp³-hybridized carbons (Fsp3) is 0.882. The van der Waals surface area contributed by atoms with Crippen LogP contribution in [-0.2, 0) is 9.59 Å². The average Bonchev–Trinajstić information content (AvgIpc) is 3.05. The van der Waals surface area contributed by atoms with Gasteiger partial charge in [-0.05, 0) is 19.9 Å². The molecule has 0 unspecified atom stereocenters. The normalized spacial score (nSPS) is 31.8. The summed E-state index contributed by atoms with van der Waals surface area (Å²) in [4.78, 5) is 26.9. The third-order valence-corrected chi connectivity index (χ3v) is 5.76. The second-order valence-electron chi connectivity index (χ2n) is 7.59. The predicted molar refractivity (Wildman–Crippen MR) is 88.9 cm³/mol. The van der Waals surface area contributed by atoms with Gasteiger partial charge in [0, 0.05) is 51.1 Å². The molecule has 2 aliphatic heterocycles. The molecule has 3 fully saturated rings. The van der Waals surface area contributed by atoms with Crippen molar-refractivity contribution in [3.8, 4) is 0 Å². The van der Waals surface area contributed by atoms with Crippen LogP contribution in [0.2, 0.25) is 0 Å². The molecule has 0 aromatic rings. The fourth-order valence-corrected chi connectivity index (χ4v) is 4.51. The first kappa shape index (κ1) is 16.7. The van der Waals surface area contributed by atoms with E-state index < -0.39 is 0 Å². The van der Waals surface area contributed by atoms with E-state index >= 15 is 0 Å². The minimum Gasteiger partial charge on any atom is -0.355 e.